The molecule has 4 rings (SSSR count). The molecular formula is C23H31N5O. The highest BCUT2D eigenvalue weighted by Gasteiger charge is 2.23. The van der Waals surface area contributed by atoms with Gasteiger partial charge in [0.1, 0.15) is 5.69 Å². The number of carbonyl (C=O) groups excluding carboxylic acids is 1. The second-order valence-electron chi connectivity index (χ2n) is 8.39. The highest BCUT2D eigenvalue weighted by atomic mass is 16.2. The van der Waals surface area contributed by atoms with Crippen LogP contribution in [0.25, 0.3) is 0 Å². The molecule has 154 valence electrons. The first-order chi connectivity index (χ1) is 14.1. The molecule has 1 aromatic heterocycles. The SMILES string of the molecule is CC1CCCN(C(=O)c2cc(Nc3ccc(N4CCN(C)CC4)cc3)ccn2)C1. The van der Waals surface area contributed by atoms with Crippen molar-refractivity contribution < 1.29 is 4.79 Å². The van der Waals surface area contributed by atoms with Crippen molar-refractivity contribution in [3.05, 3.63) is 48.3 Å². The molecule has 6 heteroatoms. The minimum absolute atomic E-state index is 0.0330. The van der Waals surface area contributed by atoms with Gasteiger partial charge < -0.3 is 20.0 Å². The van der Waals surface area contributed by atoms with Crippen molar-refractivity contribution in [2.75, 3.05) is 56.5 Å². The number of likely N-dealkylation sites (tertiary alicyclic amines) is 1. The number of pyridine rings is 1. The lowest BCUT2D eigenvalue weighted by molar-refractivity contribution is 0.0677. The molecule has 1 N–H and O–H groups in total. The Balaban J connectivity index is 1.40. The normalized spacial score (nSPS) is 20.6. The molecule has 6 nitrogen and oxygen atoms in total. The summed E-state index contributed by atoms with van der Waals surface area (Å²) in [5.41, 5.74) is 3.67. The highest BCUT2D eigenvalue weighted by molar-refractivity contribution is 5.93. The number of anilines is 3. The monoisotopic (exact) mass is 393 g/mol. The maximum absolute atomic E-state index is 12.8. The van der Waals surface area contributed by atoms with Crippen LogP contribution in [-0.2, 0) is 0 Å². The fourth-order valence-corrected chi connectivity index (χ4v) is 4.15. The molecule has 0 saturated carbocycles. The Bertz CT molecular complexity index is 829. The van der Waals surface area contributed by atoms with Gasteiger partial charge in [0.15, 0.2) is 0 Å². The Labute approximate surface area is 173 Å². The minimum Gasteiger partial charge on any atom is -0.369 e. The lowest BCUT2D eigenvalue weighted by atomic mass is 10.00. The van der Waals surface area contributed by atoms with E-state index in [0.717, 1.165) is 57.1 Å². The predicted molar refractivity (Wildman–Crippen MR) is 118 cm³/mol. The lowest BCUT2D eigenvalue weighted by Gasteiger charge is -2.34. The van der Waals surface area contributed by atoms with Crippen molar-refractivity contribution in [3.63, 3.8) is 0 Å². The molecule has 29 heavy (non-hydrogen) atoms. The molecule has 0 radical (unpaired) electrons. The van der Waals surface area contributed by atoms with Crippen molar-refractivity contribution in [3.8, 4) is 0 Å². The Morgan fingerprint density at radius 2 is 1.79 bits per heavy atom. The Morgan fingerprint density at radius 1 is 1.03 bits per heavy atom. The molecule has 1 amide bonds. The number of aromatic nitrogens is 1. The topological polar surface area (TPSA) is 51.7 Å². The summed E-state index contributed by atoms with van der Waals surface area (Å²) in [4.78, 5) is 23.9. The first-order valence-electron chi connectivity index (χ1n) is 10.6. The van der Waals surface area contributed by atoms with Crippen LogP contribution in [0.5, 0.6) is 0 Å². The van der Waals surface area contributed by atoms with E-state index in [1.807, 2.05) is 17.0 Å². The average molecular weight is 394 g/mol. The summed E-state index contributed by atoms with van der Waals surface area (Å²) in [5, 5.41) is 3.41. The van der Waals surface area contributed by atoms with Gasteiger partial charge in [0.25, 0.3) is 5.91 Å². The van der Waals surface area contributed by atoms with Crippen molar-refractivity contribution >= 4 is 23.0 Å². The maximum Gasteiger partial charge on any atom is 0.272 e. The number of piperazine rings is 1. The zero-order valence-electron chi connectivity index (χ0n) is 17.5. The smallest absolute Gasteiger partial charge is 0.272 e. The number of likely N-dealkylation sites (N-methyl/N-ethyl adjacent to an activating group) is 1. The Kier molecular flexibility index (Phi) is 6.00. The number of benzene rings is 1. The van der Waals surface area contributed by atoms with Gasteiger partial charge in [-0.2, -0.15) is 0 Å². The third kappa shape index (κ3) is 4.88. The van der Waals surface area contributed by atoms with Crippen LogP contribution in [0, 0.1) is 5.92 Å². The predicted octanol–water partition coefficient (Wildman–Crippen LogP) is 3.45. The fraction of sp³-hybridized carbons (Fsp3) is 0.478. The molecule has 0 aliphatic carbocycles. The molecule has 1 unspecified atom stereocenters. The van der Waals surface area contributed by atoms with E-state index < -0.39 is 0 Å². The molecule has 2 aliphatic rings. The molecule has 1 atom stereocenters. The van der Waals surface area contributed by atoms with Gasteiger partial charge in [0, 0.05) is 62.5 Å². The second-order valence-corrected chi connectivity index (χ2v) is 8.39. The van der Waals surface area contributed by atoms with Gasteiger partial charge in [-0.05, 0) is 62.2 Å². The Morgan fingerprint density at radius 3 is 2.52 bits per heavy atom. The molecule has 0 spiro atoms. The highest BCUT2D eigenvalue weighted by Crippen LogP contribution is 2.23. The van der Waals surface area contributed by atoms with Crippen LogP contribution in [0.3, 0.4) is 0 Å². The van der Waals surface area contributed by atoms with E-state index >= 15 is 0 Å². The molecule has 3 heterocycles. The van der Waals surface area contributed by atoms with Gasteiger partial charge in [-0.15, -0.1) is 0 Å². The molecule has 2 fully saturated rings. The number of hydrogen-bond donors (Lipinski definition) is 1. The van der Waals surface area contributed by atoms with Gasteiger partial charge in [-0.3, -0.25) is 9.78 Å². The lowest BCUT2D eigenvalue weighted by Crippen LogP contribution is -2.44. The van der Waals surface area contributed by atoms with Gasteiger partial charge in [-0.1, -0.05) is 6.92 Å². The summed E-state index contributed by atoms with van der Waals surface area (Å²) >= 11 is 0. The van der Waals surface area contributed by atoms with Crippen LogP contribution in [0.15, 0.2) is 42.6 Å². The van der Waals surface area contributed by atoms with Crippen LogP contribution in [0.1, 0.15) is 30.3 Å². The molecule has 2 aliphatic heterocycles. The van der Waals surface area contributed by atoms with Crippen LogP contribution in [0.2, 0.25) is 0 Å². The second kappa shape index (κ2) is 8.82. The largest absolute Gasteiger partial charge is 0.369 e. The number of hydrogen-bond acceptors (Lipinski definition) is 5. The maximum atomic E-state index is 12.8. The van der Waals surface area contributed by atoms with Crippen LogP contribution in [0.4, 0.5) is 17.1 Å². The van der Waals surface area contributed by atoms with Crippen LogP contribution >= 0.6 is 0 Å². The summed E-state index contributed by atoms with van der Waals surface area (Å²) in [6.45, 7) is 8.19. The number of nitrogens with one attached hydrogen (secondary N) is 1. The van der Waals surface area contributed by atoms with E-state index in [9.17, 15) is 4.79 Å². The van der Waals surface area contributed by atoms with Crippen molar-refractivity contribution in [2.45, 2.75) is 19.8 Å². The first kappa shape index (κ1) is 19.7. The average Bonchev–Trinajstić information content (AvgIpc) is 2.75. The van der Waals surface area contributed by atoms with Gasteiger partial charge in [0.05, 0.1) is 0 Å². The van der Waals surface area contributed by atoms with Crippen LogP contribution in [-0.4, -0.2) is 67.0 Å². The summed E-state index contributed by atoms with van der Waals surface area (Å²) in [6, 6.07) is 12.3. The Hall–Kier alpha value is -2.60. The fourth-order valence-electron chi connectivity index (χ4n) is 4.15. The van der Waals surface area contributed by atoms with E-state index in [4.69, 9.17) is 0 Å². The summed E-state index contributed by atoms with van der Waals surface area (Å²) in [6.07, 6.45) is 3.98. The van der Waals surface area contributed by atoms with E-state index in [1.54, 1.807) is 6.20 Å². The number of nitrogens with zero attached hydrogens (tertiary/aromatic N) is 4. The zero-order chi connectivity index (χ0) is 20.2. The van der Waals surface area contributed by atoms with Crippen molar-refractivity contribution in [1.29, 1.82) is 0 Å². The minimum atomic E-state index is 0.0330. The standard InChI is InChI=1S/C23H31N5O/c1-18-4-3-11-28(17-18)23(29)22-16-20(9-10-24-22)25-19-5-7-21(8-6-19)27-14-12-26(2)13-15-27/h5-10,16,18H,3-4,11-15,17H2,1-2H3,(H,24,25). The van der Waals surface area contributed by atoms with Gasteiger partial charge >= 0.3 is 0 Å². The first-order valence-corrected chi connectivity index (χ1v) is 10.6. The molecule has 2 aromatic rings. The summed E-state index contributed by atoms with van der Waals surface area (Å²) < 4.78 is 0. The van der Waals surface area contributed by atoms with Crippen molar-refractivity contribution in [1.82, 2.24) is 14.8 Å². The summed E-state index contributed by atoms with van der Waals surface area (Å²) in [5.74, 6) is 0.596. The van der Waals surface area contributed by atoms with Crippen molar-refractivity contribution in [2.24, 2.45) is 5.92 Å². The van der Waals surface area contributed by atoms with E-state index in [2.05, 4.69) is 58.3 Å². The quantitative estimate of drug-likeness (QED) is 0.862. The third-order valence-electron chi connectivity index (χ3n) is 5.95. The molecule has 0 bridgehead atoms. The zero-order valence-corrected chi connectivity index (χ0v) is 17.5. The summed E-state index contributed by atoms with van der Waals surface area (Å²) in [7, 11) is 2.17. The van der Waals surface area contributed by atoms with Gasteiger partial charge in [-0.25, -0.2) is 0 Å². The number of carbonyl (C=O) groups is 1. The van der Waals surface area contributed by atoms with E-state index in [0.29, 0.717) is 11.6 Å². The molecule has 2 saturated heterocycles. The van der Waals surface area contributed by atoms with Gasteiger partial charge in [0.2, 0.25) is 0 Å². The number of amides is 1. The van der Waals surface area contributed by atoms with Crippen LogP contribution < -0.4 is 10.2 Å². The molecular weight excluding hydrogens is 362 g/mol. The number of piperidine rings is 1. The van der Waals surface area contributed by atoms with E-state index in [-0.39, 0.29) is 5.91 Å². The van der Waals surface area contributed by atoms with E-state index in [1.165, 1.54) is 12.1 Å². The third-order valence-corrected chi connectivity index (χ3v) is 5.95. The number of rotatable bonds is 4. The molecule has 1 aromatic carbocycles.